The number of anilines is 1. The zero-order valence-electron chi connectivity index (χ0n) is 20.1. The van der Waals surface area contributed by atoms with Crippen LogP contribution in [0.15, 0.2) is 34.0 Å². The van der Waals surface area contributed by atoms with E-state index >= 15 is 0 Å². The number of thioether (sulfide) groups is 1. The van der Waals surface area contributed by atoms with Gasteiger partial charge in [-0.2, -0.15) is 8.70 Å². The van der Waals surface area contributed by atoms with Crippen LogP contribution in [-0.2, 0) is 14.8 Å². The molecule has 1 fully saturated rings. The van der Waals surface area contributed by atoms with Gasteiger partial charge in [0.15, 0.2) is 0 Å². The molecule has 34 heavy (non-hydrogen) atoms. The first kappa shape index (κ1) is 26.8. The summed E-state index contributed by atoms with van der Waals surface area (Å²) in [4.78, 5) is 13.8. The largest absolute Gasteiger partial charge is 0.476 e. The van der Waals surface area contributed by atoms with Gasteiger partial charge in [0.05, 0.1) is 10.6 Å². The molecule has 1 heterocycles. The van der Waals surface area contributed by atoms with Gasteiger partial charge in [-0.3, -0.25) is 0 Å². The molecule has 0 spiro atoms. The van der Waals surface area contributed by atoms with Crippen molar-refractivity contribution in [3.63, 3.8) is 0 Å². The highest BCUT2D eigenvalue weighted by molar-refractivity contribution is 7.98. The third-order valence-corrected chi connectivity index (χ3v) is 9.47. The maximum absolute atomic E-state index is 13.7. The van der Waals surface area contributed by atoms with Crippen LogP contribution < -0.4 is 9.64 Å². The van der Waals surface area contributed by atoms with E-state index in [0.29, 0.717) is 29.3 Å². The lowest BCUT2D eigenvalue weighted by atomic mass is 9.88. The normalized spacial score (nSPS) is 21.7. The molecule has 2 aliphatic rings. The van der Waals surface area contributed by atoms with Crippen molar-refractivity contribution in [1.82, 2.24) is 4.31 Å². The number of fused-ring (bicyclic) bond motifs is 1. The molecule has 1 aromatic rings. The predicted molar refractivity (Wildman–Crippen MR) is 133 cm³/mol. The smallest absolute Gasteiger partial charge is 0.368 e. The highest BCUT2D eigenvalue weighted by Gasteiger charge is 2.37. The highest BCUT2D eigenvalue weighted by atomic mass is 32.2. The summed E-state index contributed by atoms with van der Waals surface area (Å²) in [7, 11) is -2.22. The van der Waals surface area contributed by atoms with Crippen LogP contribution in [0.1, 0.15) is 58.3 Å². The van der Waals surface area contributed by atoms with Crippen LogP contribution in [-0.4, -0.2) is 56.2 Å². The molecule has 1 atom stereocenters. The summed E-state index contributed by atoms with van der Waals surface area (Å²) in [6.45, 7) is 3.50. The Balaban J connectivity index is 2.09. The lowest BCUT2D eigenvalue weighted by Gasteiger charge is -2.33. The Bertz CT molecular complexity index is 1010. The van der Waals surface area contributed by atoms with Gasteiger partial charge < -0.3 is 14.7 Å². The van der Waals surface area contributed by atoms with Crippen LogP contribution in [0, 0.1) is 5.92 Å². The second kappa shape index (κ2) is 11.8. The number of hydrogen-bond acceptors (Lipinski definition) is 6. The summed E-state index contributed by atoms with van der Waals surface area (Å²) in [6, 6.07) is 3.04. The first-order valence-corrected chi connectivity index (χ1v) is 14.6. The quantitative estimate of drug-likeness (QED) is 0.273. The molecule has 10 heteroatoms. The fourth-order valence-electron chi connectivity index (χ4n) is 4.79. The topological polar surface area (TPSA) is 87.1 Å². The Morgan fingerprint density at radius 3 is 2.62 bits per heavy atom. The number of likely N-dealkylation sites (N-methyl/N-ethyl adjacent to an activating group) is 1. The maximum atomic E-state index is 13.7. The van der Waals surface area contributed by atoms with E-state index in [1.54, 1.807) is 13.1 Å². The molecular weight excluding hydrogens is 479 g/mol. The second-order valence-electron chi connectivity index (χ2n) is 9.09. The Hall–Kier alpha value is -1.78. The standard InChI is InChI=1S/C24H35FN2O5S2/c1-4-5-11-18-15-27(14-17-9-7-6-8-10-17)20-12-22(33-3)21(32-16-19(25)24(28)29)13-23(20)34(30,31)26(18)2/h12-13,16-18H,4-11,14-15H2,1-3H3,(H,28,29)/b19-16-/t18-/m1/s1. The van der Waals surface area contributed by atoms with Crippen LogP contribution in [0.5, 0.6) is 5.75 Å². The minimum atomic E-state index is -3.84. The molecule has 0 aromatic heterocycles. The lowest BCUT2D eigenvalue weighted by Crippen LogP contribution is -2.43. The van der Waals surface area contributed by atoms with E-state index in [-0.39, 0.29) is 16.7 Å². The van der Waals surface area contributed by atoms with E-state index in [4.69, 9.17) is 9.84 Å². The first-order chi connectivity index (χ1) is 16.2. The van der Waals surface area contributed by atoms with Gasteiger partial charge in [0, 0.05) is 32.2 Å². The predicted octanol–water partition coefficient (Wildman–Crippen LogP) is 5.26. The van der Waals surface area contributed by atoms with Gasteiger partial charge in [-0.25, -0.2) is 13.2 Å². The number of unbranched alkanes of at least 4 members (excludes halogenated alkanes) is 1. The number of carbonyl (C=O) groups is 1. The Morgan fingerprint density at radius 1 is 1.29 bits per heavy atom. The second-order valence-corrected chi connectivity index (χ2v) is 11.9. The molecule has 0 unspecified atom stereocenters. The fraction of sp³-hybridized carbons (Fsp3) is 0.625. The van der Waals surface area contributed by atoms with Crippen molar-refractivity contribution in [3.05, 3.63) is 24.2 Å². The molecule has 3 rings (SSSR count). The monoisotopic (exact) mass is 514 g/mol. The van der Waals surface area contributed by atoms with Crippen LogP contribution in [0.3, 0.4) is 0 Å². The molecule has 0 saturated heterocycles. The molecule has 1 N–H and O–H groups in total. The molecule has 190 valence electrons. The number of nitrogens with zero attached hydrogens (tertiary/aromatic N) is 2. The average Bonchev–Trinajstić information content (AvgIpc) is 2.90. The maximum Gasteiger partial charge on any atom is 0.368 e. The van der Waals surface area contributed by atoms with Crippen LogP contribution in [0.25, 0.3) is 0 Å². The first-order valence-electron chi connectivity index (χ1n) is 11.9. The molecular formula is C24H35FN2O5S2. The highest BCUT2D eigenvalue weighted by Crippen LogP contribution is 2.42. The van der Waals surface area contributed by atoms with E-state index in [1.165, 1.54) is 41.4 Å². The minimum absolute atomic E-state index is 0.113. The number of carboxylic acid groups (broad SMARTS) is 1. The number of hydrogen-bond donors (Lipinski definition) is 1. The van der Waals surface area contributed by atoms with Gasteiger partial charge in [-0.05, 0) is 37.5 Å². The van der Waals surface area contributed by atoms with Gasteiger partial charge in [0.1, 0.15) is 16.9 Å². The summed E-state index contributed by atoms with van der Waals surface area (Å²) >= 11 is 1.34. The number of rotatable bonds is 9. The number of sulfonamides is 1. The van der Waals surface area contributed by atoms with Crippen molar-refractivity contribution in [2.75, 3.05) is 31.3 Å². The third-order valence-electron chi connectivity index (χ3n) is 6.78. The van der Waals surface area contributed by atoms with Crippen LogP contribution >= 0.6 is 11.8 Å². The number of ether oxygens (including phenoxy) is 1. The Morgan fingerprint density at radius 2 is 2.00 bits per heavy atom. The van der Waals surface area contributed by atoms with Crippen molar-refractivity contribution in [2.45, 2.75) is 74.1 Å². The molecule has 0 bridgehead atoms. The Kier molecular flexibility index (Phi) is 9.28. The minimum Gasteiger partial charge on any atom is -0.476 e. The van der Waals surface area contributed by atoms with E-state index in [2.05, 4.69) is 11.8 Å². The van der Waals surface area contributed by atoms with Gasteiger partial charge in [0.2, 0.25) is 15.9 Å². The summed E-state index contributed by atoms with van der Waals surface area (Å²) in [5.74, 6) is -2.57. The van der Waals surface area contributed by atoms with Crippen molar-refractivity contribution < 1.29 is 27.4 Å². The number of aliphatic carboxylic acids is 1. The Labute approximate surface area is 206 Å². The molecule has 1 aromatic carbocycles. The number of carboxylic acids is 1. The van der Waals surface area contributed by atoms with E-state index < -0.39 is 21.8 Å². The molecule has 0 radical (unpaired) electrons. The number of benzene rings is 1. The molecule has 1 saturated carbocycles. The summed E-state index contributed by atoms with van der Waals surface area (Å²) in [6.07, 6.45) is 10.9. The van der Waals surface area contributed by atoms with E-state index in [0.717, 1.165) is 38.6 Å². The van der Waals surface area contributed by atoms with Crippen molar-refractivity contribution >= 4 is 33.4 Å². The van der Waals surface area contributed by atoms with Crippen molar-refractivity contribution in [2.24, 2.45) is 5.92 Å². The zero-order chi connectivity index (χ0) is 24.9. The van der Waals surface area contributed by atoms with E-state index in [1.807, 2.05) is 6.26 Å². The van der Waals surface area contributed by atoms with Crippen molar-refractivity contribution in [3.8, 4) is 5.75 Å². The zero-order valence-corrected chi connectivity index (χ0v) is 21.8. The van der Waals surface area contributed by atoms with Gasteiger partial charge >= 0.3 is 5.97 Å². The van der Waals surface area contributed by atoms with Gasteiger partial charge in [-0.15, -0.1) is 11.8 Å². The third kappa shape index (κ3) is 6.07. The molecule has 7 nitrogen and oxygen atoms in total. The average molecular weight is 515 g/mol. The molecule has 0 amide bonds. The SMILES string of the molecule is CCCC[C@@H]1CN(CC2CCCCC2)c2cc(SC)c(O/C=C(\F)C(=O)O)cc2S(=O)(=O)N1C. The van der Waals surface area contributed by atoms with Crippen LogP contribution in [0.2, 0.25) is 0 Å². The van der Waals surface area contributed by atoms with Crippen molar-refractivity contribution in [1.29, 1.82) is 0 Å². The summed E-state index contributed by atoms with van der Waals surface area (Å²) in [5.41, 5.74) is 0.635. The van der Waals surface area contributed by atoms with Crippen LogP contribution in [0.4, 0.5) is 10.1 Å². The molecule has 1 aliphatic heterocycles. The molecule has 1 aliphatic carbocycles. The lowest BCUT2D eigenvalue weighted by molar-refractivity contribution is -0.134. The summed E-state index contributed by atoms with van der Waals surface area (Å²) in [5, 5.41) is 8.79. The van der Waals surface area contributed by atoms with Gasteiger partial charge in [-0.1, -0.05) is 39.0 Å². The summed E-state index contributed by atoms with van der Waals surface area (Å²) < 4.78 is 47.7. The van der Waals surface area contributed by atoms with Gasteiger partial charge in [0.25, 0.3) is 0 Å². The fourth-order valence-corrected chi connectivity index (χ4v) is 6.91. The van der Waals surface area contributed by atoms with E-state index in [9.17, 15) is 17.6 Å². The number of halogens is 1.